The highest BCUT2D eigenvalue weighted by Crippen LogP contribution is 2.23. The second-order valence-electron chi connectivity index (χ2n) is 3.54. The van der Waals surface area contributed by atoms with Gasteiger partial charge < -0.3 is 9.80 Å². The van der Waals surface area contributed by atoms with Gasteiger partial charge in [0.15, 0.2) is 0 Å². The van der Waals surface area contributed by atoms with Gasteiger partial charge in [0.05, 0.1) is 9.21 Å². The van der Waals surface area contributed by atoms with Crippen molar-refractivity contribution in [2.45, 2.75) is 0 Å². The Morgan fingerprint density at radius 2 is 2.00 bits per heavy atom. The monoisotopic (exact) mass is 258 g/mol. The van der Waals surface area contributed by atoms with Gasteiger partial charge in [0.25, 0.3) is 5.91 Å². The van der Waals surface area contributed by atoms with E-state index in [1.807, 2.05) is 0 Å². The number of carbonyl (C=O) groups is 2. The zero-order valence-corrected chi connectivity index (χ0v) is 10.1. The van der Waals surface area contributed by atoms with Gasteiger partial charge in [-0.25, -0.2) is 0 Å². The normalized spacial score (nSPS) is 16.3. The Balaban J connectivity index is 1.99. The maximum absolute atomic E-state index is 12.0. The molecule has 16 heavy (non-hydrogen) atoms. The summed E-state index contributed by atoms with van der Waals surface area (Å²) >= 11 is 7.07. The molecule has 0 unspecified atom stereocenters. The largest absolute Gasteiger partial charge is 0.342 e. The molecule has 1 saturated heterocycles. The Labute approximate surface area is 102 Å². The summed E-state index contributed by atoms with van der Waals surface area (Å²) in [5.74, 6) is 0.00227. The molecule has 0 saturated carbocycles. The number of piperazine rings is 1. The van der Waals surface area contributed by atoms with Crippen LogP contribution in [0.2, 0.25) is 4.34 Å². The lowest BCUT2D eigenvalue weighted by Crippen LogP contribution is -2.47. The SMILES string of the molecule is O=CN1CCN(C(=O)c2ccc(Cl)s2)CC1. The lowest BCUT2D eigenvalue weighted by atomic mass is 10.3. The summed E-state index contributed by atoms with van der Waals surface area (Å²) in [7, 11) is 0. The number of amides is 2. The Kier molecular flexibility index (Phi) is 3.46. The van der Waals surface area contributed by atoms with Crippen LogP contribution < -0.4 is 0 Å². The van der Waals surface area contributed by atoms with Crippen LogP contribution in [-0.2, 0) is 4.79 Å². The van der Waals surface area contributed by atoms with Gasteiger partial charge in [0.2, 0.25) is 6.41 Å². The van der Waals surface area contributed by atoms with Crippen LogP contribution in [0.4, 0.5) is 0 Å². The van der Waals surface area contributed by atoms with Gasteiger partial charge in [-0.1, -0.05) is 11.6 Å². The second kappa shape index (κ2) is 4.84. The lowest BCUT2D eigenvalue weighted by Gasteiger charge is -2.32. The molecule has 2 heterocycles. The van der Waals surface area contributed by atoms with Crippen molar-refractivity contribution in [2.24, 2.45) is 0 Å². The predicted molar refractivity (Wildman–Crippen MR) is 62.9 cm³/mol. The first-order valence-electron chi connectivity index (χ1n) is 4.94. The smallest absolute Gasteiger partial charge is 0.264 e. The van der Waals surface area contributed by atoms with E-state index in [1.54, 1.807) is 21.9 Å². The van der Waals surface area contributed by atoms with Crippen LogP contribution in [0.5, 0.6) is 0 Å². The maximum Gasteiger partial charge on any atom is 0.264 e. The Bertz CT molecular complexity index is 399. The third kappa shape index (κ3) is 2.36. The maximum atomic E-state index is 12.0. The summed E-state index contributed by atoms with van der Waals surface area (Å²) < 4.78 is 0.620. The molecule has 1 fully saturated rings. The number of carbonyl (C=O) groups excluding carboxylic acids is 2. The highest BCUT2D eigenvalue weighted by molar-refractivity contribution is 7.17. The van der Waals surface area contributed by atoms with Gasteiger partial charge in [-0.3, -0.25) is 9.59 Å². The van der Waals surface area contributed by atoms with Crippen molar-refractivity contribution >= 4 is 35.3 Å². The molecular formula is C10H11ClN2O2S. The zero-order valence-electron chi connectivity index (χ0n) is 8.56. The van der Waals surface area contributed by atoms with Crippen LogP contribution in [0.3, 0.4) is 0 Å². The van der Waals surface area contributed by atoms with E-state index < -0.39 is 0 Å². The standard InChI is InChI=1S/C10H11ClN2O2S/c11-9-2-1-8(16-9)10(15)13-5-3-12(7-14)4-6-13/h1-2,7H,3-6H2. The lowest BCUT2D eigenvalue weighted by molar-refractivity contribution is -0.119. The van der Waals surface area contributed by atoms with Crippen LogP contribution >= 0.6 is 22.9 Å². The molecule has 0 bridgehead atoms. The number of nitrogens with zero attached hydrogens (tertiary/aromatic N) is 2. The van der Waals surface area contributed by atoms with Crippen molar-refractivity contribution in [3.63, 3.8) is 0 Å². The Hall–Kier alpha value is -1.07. The van der Waals surface area contributed by atoms with Crippen LogP contribution in [-0.4, -0.2) is 48.3 Å². The van der Waals surface area contributed by atoms with E-state index >= 15 is 0 Å². The molecule has 6 heteroatoms. The summed E-state index contributed by atoms with van der Waals surface area (Å²) in [5.41, 5.74) is 0. The van der Waals surface area contributed by atoms with Gasteiger partial charge in [0.1, 0.15) is 0 Å². The topological polar surface area (TPSA) is 40.6 Å². The summed E-state index contributed by atoms with van der Waals surface area (Å²) in [4.78, 5) is 26.6. The van der Waals surface area contributed by atoms with Crippen LogP contribution in [0.15, 0.2) is 12.1 Å². The minimum Gasteiger partial charge on any atom is -0.342 e. The molecule has 0 atom stereocenters. The average molecular weight is 259 g/mol. The minimum absolute atomic E-state index is 0.00227. The first kappa shape index (κ1) is 11.4. The Morgan fingerprint density at radius 3 is 2.50 bits per heavy atom. The van der Waals surface area contributed by atoms with Gasteiger partial charge in [-0.15, -0.1) is 11.3 Å². The fourth-order valence-corrected chi connectivity index (χ4v) is 2.63. The summed E-state index contributed by atoms with van der Waals surface area (Å²) in [6, 6.07) is 3.46. The third-order valence-electron chi connectivity index (χ3n) is 2.53. The number of hydrogen-bond donors (Lipinski definition) is 0. The molecular weight excluding hydrogens is 248 g/mol. The van der Waals surface area contributed by atoms with Crippen molar-refractivity contribution in [1.82, 2.24) is 9.80 Å². The summed E-state index contributed by atoms with van der Waals surface area (Å²) in [5, 5.41) is 0. The van der Waals surface area contributed by atoms with Crippen molar-refractivity contribution in [1.29, 1.82) is 0 Å². The molecule has 1 aliphatic heterocycles. The summed E-state index contributed by atoms with van der Waals surface area (Å²) in [6.45, 7) is 2.39. The average Bonchev–Trinajstić information content (AvgIpc) is 2.75. The molecule has 2 rings (SSSR count). The molecule has 2 amide bonds. The van der Waals surface area contributed by atoms with Crippen LogP contribution in [0, 0.1) is 0 Å². The van der Waals surface area contributed by atoms with E-state index in [0.717, 1.165) is 6.41 Å². The molecule has 0 N–H and O–H groups in total. The number of hydrogen-bond acceptors (Lipinski definition) is 3. The molecule has 1 aromatic heterocycles. The van der Waals surface area contributed by atoms with E-state index in [1.165, 1.54) is 11.3 Å². The molecule has 0 radical (unpaired) electrons. The van der Waals surface area contributed by atoms with Crippen molar-refractivity contribution in [2.75, 3.05) is 26.2 Å². The van der Waals surface area contributed by atoms with Crippen molar-refractivity contribution < 1.29 is 9.59 Å². The van der Waals surface area contributed by atoms with E-state index in [0.29, 0.717) is 35.4 Å². The zero-order chi connectivity index (χ0) is 11.5. The minimum atomic E-state index is 0.00227. The Morgan fingerprint density at radius 1 is 1.31 bits per heavy atom. The van der Waals surface area contributed by atoms with Crippen molar-refractivity contribution in [3.8, 4) is 0 Å². The predicted octanol–water partition coefficient (Wildman–Crippen LogP) is 1.32. The quantitative estimate of drug-likeness (QED) is 0.751. The second-order valence-corrected chi connectivity index (χ2v) is 5.25. The van der Waals surface area contributed by atoms with E-state index in [9.17, 15) is 9.59 Å². The van der Waals surface area contributed by atoms with E-state index in [4.69, 9.17) is 11.6 Å². The molecule has 86 valence electrons. The number of halogens is 1. The van der Waals surface area contributed by atoms with Gasteiger partial charge in [-0.2, -0.15) is 0 Å². The van der Waals surface area contributed by atoms with Crippen molar-refractivity contribution in [3.05, 3.63) is 21.3 Å². The highest BCUT2D eigenvalue weighted by Gasteiger charge is 2.22. The van der Waals surface area contributed by atoms with Gasteiger partial charge >= 0.3 is 0 Å². The first-order valence-corrected chi connectivity index (χ1v) is 6.14. The fourth-order valence-electron chi connectivity index (χ4n) is 1.62. The van der Waals surface area contributed by atoms with Crippen LogP contribution in [0.1, 0.15) is 9.67 Å². The first-order chi connectivity index (χ1) is 7.70. The van der Waals surface area contributed by atoms with Gasteiger partial charge in [0, 0.05) is 26.2 Å². The summed E-state index contributed by atoms with van der Waals surface area (Å²) in [6.07, 6.45) is 0.823. The number of thiophene rings is 1. The molecule has 1 aromatic rings. The molecule has 0 aromatic carbocycles. The fraction of sp³-hybridized carbons (Fsp3) is 0.400. The molecule has 0 spiro atoms. The number of rotatable bonds is 2. The van der Waals surface area contributed by atoms with Gasteiger partial charge in [-0.05, 0) is 12.1 Å². The molecule has 0 aliphatic carbocycles. The van der Waals surface area contributed by atoms with E-state index in [-0.39, 0.29) is 5.91 Å². The molecule has 1 aliphatic rings. The van der Waals surface area contributed by atoms with E-state index in [2.05, 4.69) is 0 Å². The highest BCUT2D eigenvalue weighted by atomic mass is 35.5. The third-order valence-corrected chi connectivity index (χ3v) is 3.75. The van der Waals surface area contributed by atoms with Crippen LogP contribution in [0.25, 0.3) is 0 Å². The molecule has 4 nitrogen and oxygen atoms in total.